The summed E-state index contributed by atoms with van der Waals surface area (Å²) >= 11 is 0. The topological polar surface area (TPSA) is 80.9 Å². The summed E-state index contributed by atoms with van der Waals surface area (Å²) in [6.45, 7) is -0.657. The highest BCUT2D eigenvalue weighted by molar-refractivity contribution is 5.11. The van der Waals surface area contributed by atoms with E-state index in [0.29, 0.717) is 0 Å². The highest BCUT2D eigenvalue weighted by Gasteiger charge is 2.62. The van der Waals surface area contributed by atoms with Gasteiger partial charge in [-0.1, -0.05) is 57.8 Å². The van der Waals surface area contributed by atoms with E-state index in [1.165, 1.54) is 19.3 Å². The van der Waals surface area contributed by atoms with Crippen molar-refractivity contribution in [2.45, 2.75) is 108 Å². The van der Waals surface area contributed by atoms with Crippen LogP contribution in [0, 0.1) is 23.2 Å². The summed E-state index contributed by atoms with van der Waals surface area (Å²) < 4.78 is 0. The number of hydrogen-bond donors (Lipinski definition) is 4. The van der Waals surface area contributed by atoms with Crippen LogP contribution in [0.3, 0.4) is 0 Å². The molecule has 0 saturated heterocycles. The van der Waals surface area contributed by atoms with E-state index >= 15 is 0 Å². The maximum atomic E-state index is 12.4. The summed E-state index contributed by atoms with van der Waals surface area (Å²) in [6.07, 6.45) is 15.1. The maximum absolute atomic E-state index is 12.4. The largest absolute Gasteiger partial charge is 0.395 e. The van der Waals surface area contributed by atoms with Crippen molar-refractivity contribution >= 4 is 0 Å². The molecule has 3 fully saturated rings. The molecule has 158 valence electrons. The van der Waals surface area contributed by atoms with E-state index in [0.717, 1.165) is 77.0 Å². The van der Waals surface area contributed by atoms with Crippen LogP contribution in [0.25, 0.3) is 0 Å². The highest BCUT2D eigenvalue weighted by atomic mass is 16.3. The Morgan fingerprint density at radius 3 is 1.37 bits per heavy atom. The molecule has 0 radical (unpaired) electrons. The minimum absolute atomic E-state index is 0.0758. The zero-order valence-corrected chi connectivity index (χ0v) is 17.1. The Morgan fingerprint density at radius 1 is 0.630 bits per heavy atom. The zero-order chi connectivity index (χ0) is 19.3. The lowest BCUT2D eigenvalue weighted by Gasteiger charge is -2.58. The third-order valence-electron chi connectivity index (χ3n) is 8.48. The summed E-state index contributed by atoms with van der Waals surface area (Å²) in [5.41, 5.74) is -2.38. The molecule has 0 spiro atoms. The van der Waals surface area contributed by atoms with E-state index in [9.17, 15) is 20.4 Å². The van der Waals surface area contributed by atoms with E-state index < -0.39 is 17.1 Å². The molecule has 4 N–H and O–H groups in total. The molecule has 27 heavy (non-hydrogen) atoms. The molecule has 4 heteroatoms. The van der Waals surface area contributed by atoms with Gasteiger partial charge in [-0.25, -0.2) is 0 Å². The molecule has 0 amide bonds. The van der Waals surface area contributed by atoms with E-state index in [1.807, 2.05) is 0 Å². The van der Waals surface area contributed by atoms with Gasteiger partial charge in [-0.15, -0.1) is 0 Å². The zero-order valence-electron chi connectivity index (χ0n) is 17.1. The summed E-state index contributed by atoms with van der Waals surface area (Å²) in [5.74, 6) is 0.232. The molecule has 3 aliphatic carbocycles. The summed E-state index contributed by atoms with van der Waals surface area (Å²) in [7, 11) is 0. The van der Waals surface area contributed by atoms with Gasteiger partial charge in [0.25, 0.3) is 0 Å². The molecule has 0 bridgehead atoms. The van der Waals surface area contributed by atoms with Gasteiger partial charge in [-0.2, -0.15) is 0 Å². The van der Waals surface area contributed by atoms with Crippen molar-refractivity contribution in [2.24, 2.45) is 23.2 Å². The lowest BCUT2D eigenvalue weighted by atomic mass is 9.52. The number of rotatable bonds is 7. The third-order valence-corrected chi connectivity index (χ3v) is 8.48. The minimum atomic E-state index is -1.21. The summed E-state index contributed by atoms with van der Waals surface area (Å²) in [5, 5.41) is 45.1. The van der Waals surface area contributed by atoms with Crippen LogP contribution in [0.4, 0.5) is 0 Å². The SMILES string of the molecule is OCC(CO)(C(O)C1CCCCC1)C(O)(C1CCCCC1)C1CCCCC1. The second-order valence-electron chi connectivity index (χ2n) is 9.81. The van der Waals surface area contributed by atoms with Crippen molar-refractivity contribution in [3.05, 3.63) is 0 Å². The summed E-state index contributed by atoms with van der Waals surface area (Å²) in [4.78, 5) is 0. The Bertz CT molecular complexity index is 412. The Morgan fingerprint density at radius 2 is 1.00 bits per heavy atom. The first-order valence-electron chi connectivity index (χ1n) is 11.7. The monoisotopic (exact) mass is 382 g/mol. The predicted molar refractivity (Wildman–Crippen MR) is 107 cm³/mol. The molecule has 3 saturated carbocycles. The van der Waals surface area contributed by atoms with Gasteiger partial charge in [0.1, 0.15) is 0 Å². The first-order valence-corrected chi connectivity index (χ1v) is 11.7. The lowest BCUT2D eigenvalue weighted by molar-refractivity contribution is -0.251. The van der Waals surface area contributed by atoms with Gasteiger partial charge in [0, 0.05) is 0 Å². The average Bonchev–Trinajstić information content (AvgIpc) is 2.76. The normalized spacial score (nSPS) is 26.2. The van der Waals surface area contributed by atoms with Gasteiger partial charge < -0.3 is 20.4 Å². The van der Waals surface area contributed by atoms with Gasteiger partial charge >= 0.3 is 0 Å². The molecule has 4 nitrogen and oxygen atoms in total. The van der Waals surface area contributed by atoms with Crippen LogP contribution < -0.4 is 0 Å². The quantitative estimate of drug-likeness (QED) is 0.540. The van der Waals surface area contributed by atoms with Crippen LogP contribution in [0.5, 0.6) is 0 Å². The van der Waals surface area contributed by atoms with E-state index in [4.69, 9.17) is 0 Å². The molecule has 3 rings (SSSR count). The van der Waals surface area contributed by atoms with Crippen LogP contribution in [0.2, 0.25) is 0 Å². The standard InChI is InChI=1S/C23H42O4/c24-16-22(17-25,21(26)18-10-4-1-5-11-18)23(27,19-12-6-2-7-13-19)20-14-8-3-9-15-20/h18-21,24-27H,1-17H2. The van der Waals surface area contributed by atoms with Crippen molar-refractivity contribution in [1.82, 2.24) is 0 Å². The smallest absolute Gasteiger partial charge is 0.0828 e. The van der Waals surface area contributed by atoms with Gasteiger partial charge in [0.15, 0.2) is 0 Å². The first-order chi connectivity index (χ1) is 13.1. The fourth-order valence-electron chi connectivity index (χ4n) is 6.86. The van der Waals surface area contributed by atoms with E-state index in [1.54, 1.807) is 0 Å². The molecule has 0 aliphatic heterocycles. The van der Waals surface area contributed by atoms with Gasteiger partial charge in [0.05, 0.1) is 30.3 Å². The van der Waals surface area contributed by atoms with Crippen LogP contribution >= 0.6 is 0 Å². The maximum Gasteiger partial charge on any atom is 0.0828 e. The van der Waals surface area contributed by atoms with Crippen LogP contribution in [-0.2, 0) is 0 Å². The Labute approximate surface area is 165 Å². The molecule has 1 atom stereocenters. The lowest BCUT2D eigenvalue weighted by Crippen LogP contribution is -2.68. The number of aliphatic hydroxyl groups is 4. The molecular weight excluding hydrogens is 340 g/mol. The van der Waals surface area contributed by atoms with Crippen molar-refractivity contribution in [3.8, 4) is 0 Å². The number of aliphatic hydroxyl groups excluding tert-OH is 3. The molecule has 0 aromatic carbocycles. The average molecular weight is 383 g/mol. The third kappa shape index (κ3) is 3.97. The molecule has 1 unspecified atom stereocenters. The second kappa shape index (κ2) is 9.56. The van der Waals surface area contributed by atoms with Gasteiger partial charge in [-0.3, -0.25) is 0 Å². The Kier molecular flexibility index (Phi) is 7.63. The fourth-order valence-corrected chi connectivity index (χ4v) is 6.86. The van der Waals surface area contributed by atoms with Crippen molar-refractivity contribution in [1.29, 1.82) is 0 Å². The van der Waals surface area contributed by atoms with E-state index in [2.05, 4.69) is 0 Å². The molecular formula is C23H42O4. The molecule has 0 aromatic rings. The van der Waals surface area contributed by atoms with Gasteiger partial charge in [-0.05, 0) is 56.3 Å². The second-order valence-corrected chi connectivity index (χ2v) is 9.81. The van der Waals surface area contributed by atoms with Crippen molar-refractivity contribution in [2.75, 3.05) is 13.2 Å². The molecule has 0 heterocycles. The minimum Gasteiger partial charge on any atom is -0.395 e. The van der Waals surface area contributed by atoms with Crippen molar-refractivity contribution in [3.63, 3.8) is 0 Å². The van der Waals surface area contributed by atoms with Gasteiger partial charge in [0.2, 0.25) is 0 Å². The van der Waals surface area contributed by atoms with Crippen LogP contribution in [-0.4, -0.2) is 45.3 Å². The molecule has 0 aromatic heterocycles. The fraction of sp³-hybridized carbons (Fsp3) is 1.00. The summed E-state index contributed by atoms with van der Waals surface area (Å²) in [6, 6.07) is 0. The number of hydrogen-bond acceptors (Lipinski definition) is 4. The highest BCUT2D eigenvalue weighted by Crippen LogP contribution is 2.54. The van der Waals surface area contributed by atoms with E-state index in [-0.39, 0.29) is 31.0 Å². The first kappa shape index (κ1) is 21.5. The van der Waals surface area contributed by atoms with Crippen molar-refractivity contribution < 1.29 is 20.4 Å². The predicted octanol–water partition coefficient (Wildman–Crippen LogP) is 3.79. The Hall–Kier alpha value is -0.160. The van der Waals surface area contributed by atoms with Crippen LogP contribution in [0.1, 0.15) is 96.3 Å². The van der Waals surface area contributed by atoms with Crippen LogP contribution in [0.15, 0.2) is 0 Å². The Balaban J connectivity index is 1.98. The molecule has 3 aliphatic rings.